The summed E-state index contributed by atoms with van der Waals surface area (Å²) in [5, 5.41) is 7.25. The second kappa shape index (κ2) is 5.95. The van der Waals surface area contributed by atoms with Crippen molar-refractivity contribution in [2.45, 2.75) is 18.9 Å². The molecule has 2 aromatic rings. The van der Waals surface area contributed by atoms with E-state index in [0.717, 1.165) is 25.9 Å². The van der Waals surface area contributed by atoms with Crippen LogP contribution in [-0.4, -0.2) is 29.8 Å². The van der Waals surface area contributed by atoms with Crippen molar-refractivity contribution < 1.29 is 9.26 Å². The number of aromatic nitrogens is 2. The van der Waals surface area contributed by atoms with Gasteiger partial charge in [0.25, 0.3) is 0 Å². The molecule has 0 bridgehead atoms. The van der Waals surface area contributed by atoms with E-state index >= 15 is 0 Å². The van der Waals surface area contributed by atoms with Crippen molar-refractivity contribution >= 4 is 0 Å². The largest absolute Gasteiger partial charge is 0.367 e. The van der Waals surface area contributed by atoms with Crippen LogP contribution in [0.15, 0.2) is 34.9 Å². The third kappa shape index (κ3) is 3.19. The van der Waals surface area contributed by atoms with Gasteiger partial charge in [-0.1, -0.05) is 35.5 Å². The minimum atomic E-state index is -0.0806. The molecule has 1 aliphatic rings. The minimum absolute atomic E-state index is 0.0806. The van der Waals surface area contributed by atoms with Crippen LogP contribution >= 0.6 is 0 Å². The number of ether oxygens (including phenoxy) is 1. The van der Waals surface area contributed by atoms with Crippen LogP contribution < -0.4 is 5.32 Å². The Labute approximate surface area is 112 Å². The van der Waals surface area contributed by atoms with Gasteiger partial charge in [0.15, 0.2) is 0 Å². The van der Waals surface area contributed by atoms with Gasteiger partial charge in [-0.25, -0.2) is 0 Å². The van der Waals surface area contributed by atoms with E-state index in [0.29, 0.717) is 18.3 Å². The molecule has 1 aromatic carbocycles. The average Bonchev–Trinajstić information content (AvgIpc) is 2.96. The van der Waals surface area contributed by atoms with Crippen molar-refractivity contribution in [3.05, 3.63) is 47.6 Å². The Morgan fingerprint density at radius 3 is 2.89 bits per heavy atom. The first-order valence-electron chi connectivity index (χ1n) is 6.60. The van der Waals surface area contributed by atoms with Crippen LogP contribution in [0.5, 0.6) is 0 Å². The van der Waals surface area contributed by atoms with Gasteiger partial charge in [0.2, 0.25) is 11.7 Å². The molecule has 1 atom stereocenters. The molecule has 0 saturated carbocycles. The third-order valence-electron chi connectivity index (χ3n) is 3.17. The van der Waals surface area contributed by atoms with Crippen LogP contribution in [-0.2, 0) is 17.6 Å². The summed E-state index contributed by atoms with van der Waals surface area (Å²) >= 11 is 0. The molecule has 0 amide bonds. The predicted molar refractivity (Wildman–Crippen MR) is 69.7 cm³/mol. The Hall–Kier alpha value is -1.72. The van der Waals surface area contributed by atoms with Gasteiger partial charge in [-0.05, 0) is 12.0 Å². The maximum Gasteiger partial charge on any atom is 0.227 e. The minimum Gasteiger partial charge on any atom is -0.367 e. The predicted octanol–water partition coefficient (Wildman–Crippen LogP) is 1.52. The summed E-state index contributed by atoms with van der Waals surface area (Å²) in [6.07, 6.45) is 1.59. The van der Waals surface area contributed by atoms with Crippen LogP contribution in [0.3, 0.4) is 0 Å². The van der Waals surface area contributed by atoms with Crippen LogP contribution in [0.1, 0.15) is 23.4 Å². The topological polar surface area (TPSA) is 60.2 Å². The number of hydrogen-bond acceptors (Lipinski definition) is 5. The van der Waals surface area contributed by atoms with Gasteiger partial charge in [0, 0.05) is 19.5 Å². The lowest BCUT2D eigenvalue weighted by molar-refractivity contribution is 0.0208. The number of aryl methyl sites for hydroxylation is 2. The Morgan fingerprint density at radius 1 is 1.21 bits per heavy atom. The van der Waals surface area contributed by atoms with Gasteiger partial charge >= 0.3 is 0 Å². The smallest absolute Gasteiger partial charge is 0.227 e. The molecular formula is C14H17N3O2. The van der Waals surface area contributed by atoms with Crippen molar-refractivity contribution in [1.82, 2.24) is 15.5 Å². The lowest BCUT2D eigenvalue weighted by atomic mass is 10.1. The highest BCUT2D eigenvalue weighted by molar-refractivity contribution is 5.15. The first kappa shape index (κ1) is 12.3. The van der Waals surface area contributed by atoms with Gasteiger partial charge in [-0.3, -0.25) is 0 Å². The normalized spacial score (nSPS) is 19.5. The molecule has 0 aliphatic carbocycles. The van der Waals surface area contributed by atoms with E-state index in [9.17, 15) is 0 Å². The Kier molecular flexibility index (Phi) is 3.86. The van der Waals surface area contributed by atoms with Crippen molar-refractivity contribution in [1.29, 1.82) is 0 Å². The molecule has 1 unspecified atom stereocenters. The van der Waals surface area contributed by atoms with Crippen LogP contribution in [0.25, 0.3) is 0 Å². The lowest BCUT2D eigenvalue weighted by Gasteiger charge is -2.20. The molecule has 2 heterocycles. The molecule has 100 valence electrons. The summed E-state index contributed by atoms with van der Waals surface area (Å²) in [5.41, 5.74) is 1.28. The molecule has 19 heavy (non-hydrogen) atoms. The SMILES string of the molecule is c1ccc(CCc2nc(C3CNCCO3)no2)cc1. The summed E-state index contributed by atoms with van der Waals surface area (Å²) in [5.74, 6) is 1.32. The molecule has 5 heteroatoms. The number of hydrogen-bond donors (Lipinski definition) is 1. The summed E-state index contributed by atoms with van der Waals surface area (Å²) in [7, 11) is 0. The monoisotopic (exact) mass is 259 g/mol. The molecule has 1 aliphatic heterocycles. The first-order valence-corrected chi connectivity index (χ1v) is 6.60. The fourth-order valence-corrected chi connectivity index (χ4v) is 2.13. The van der Waals surface area contributed by atoms with Gasteiger partial charge < -0.3 is 14.6 Å². The molecule has 1 saturated heterocycles. The van der Waals surface area contributed by atoms with E-state index in [-0.39, 0.29) is 6.10 Å². The average molecular weight is 259 g/mol. The highest BCUT2D eigenvalue weighted by Crippen LogP contribution is 2.16. The van der Waals surface area contributed by atoms with E-state index in [1.807, 2.05) is 18.2 Å². The van der Waals surface area contributed by atoms with Crippen molar-refractivity contribution in [2.24, 2.45) is 0 Å². The standard InChI is InChI=1S/C14H17N3O2/c1-2-4-11(5-3-1)6-7-13-16-14(17-19-13)12-10-15-8-9-18-12/h1-5,12,15H,6-10H2. The fourth-order valence-electron chi connectivity index (χ4n) is 2.13. The van der Waals surface area contributed by atoms with Gasteiger partial charge in [-0.2, -0.15) is 4.98 Å². The zero-order valence-corrected chi connectivity index (χ0v) is 10.7. The quantitative estimate of drug-likeness (QED) is 0.902. The van der Waals surface area contributed by atoms with E-state index in [4.69, 9.17) is 9.26 Å². The Bertz CT molecular complexity index is 506. The van der Waals surface area contributed by atoms with E-state index < -0.39 is 0 Å². The highest BCUT2D eigenvalue weighted by Gasteiger charge is 2.21. The third-order valence-corrected chi connectivity index (χ3v) is 3.17. The molecule has 5 nitrogen and oxygen atoms in total. The first-order chi connectivity index (χ1) is 9.42. The zero-order valence-electron chi connectivity index (χ0n) is 10.7. The van der Waals surface area contributed by atoms with Gasteiger partial charge in [0.1, 0.15) is 6.10 Å². The highest BCUT2D eigenvalue weighted by atomic mass is 16.5. The van der Waals surface area contributed by atoms with Gasteiger partial charge in [-0.15, -0.1) is 0 Å². The molecule has 0 radical (unpaired) electrons. The molecule has 0 spiro atoms. The zero-order chi connectivity index (χ0) is 12.9. The Balaban J connectivity index is 1.58. The number of rotatable bonds is 4. The summed E-state index contributed by atoms with van der Waals surface area (Å²) in [4.78, 5) is 4.41. The van der Waals surface area contributed by atoms with Crippen molar-refractivity contribution in [3.8, 4) is 0 Å². The summed E-state index contributed by atoms with van der Waals surface area (Å²) in [6, 6.07) is 10.3. The molecule has 1 N–H and O–H groups in total. The van der Waals surface area contributed by atoms with E-state index in [1.165, 1.54) is 5.56 Å². The molecular weight excluding hydrogens is 242 g/mol. The summed E-state index contributed by atoms with van der Waals surface area (Å²) in [6.45, 7) is 2.32. The summed E-state index contributed by atoms with van der Waals surface area (Å²) < 4.78 is 10.9. The van der Waals surface area contributed by atoms with Crippen LogP contribution in [0.2, 0.25) is 0 Å². The maximum atomic E-state index is 5.59. The number of nitrogens with zero attached hydrogens (tertiary/aromatic N) is 2. The molecule has 3 rings (SSSR count). The number of morpholine rings is 1. The second-order valence-electron chi connectivity index (χ2n) is 4.60. The number of benzene rings is 1. The number of nitrogens with one attached hydrogen (secondary N) is 1. The Morgan fingerprint density at radius 2 is 2.11 bits per heavy atom. The van der Waals surface area contributed by atoms with Gasteiger partial charge in [0.05, 0.1) is 6.61 Å². The van der Waals surface area contributed by atoms with Crippen molar-refractivity contribution in [2.75, 3.05) is 19.7 Å². The molecule has 1 aromatic heterocycles. The fraction of sp³-hybridized carbons (Fsp3) is 0.429. The maximum absolute atomic E-state index is 5.59. The van der Waals surface area contributed by atoms with Crippen LogP contribution in [0, 0.1) is 0 Å². The lowest BCUT2D eigenvalue weighted by Crippen LogP contribution is -2.33. The van der Waals surface area contributed by atoms with E-state index in [1.54, 1.807) is 0 Å². The van der Waals surface area contributed by atoms with Crippen LogP contribution in [0.4, 0.5) is 0 Å². The second-order valence-corrected chi connectivity index (χ2v) is 4.60. The van der Waals surface area contributed by atoms with Crippen molar-refractivity contribution in [3.63, 3.8) is 0 Å². The van der Waals surface area contributed by atoms with E-state index in [2.05, 4.69) is 27.6 Å². The molecule has 1 fully saturated rings.